The molecule has 0 aliphatic carbocycles. The molecule has 11 nitrogen and oxygen atoms in total. The molecule has 232 valence electrons. The predicted molar refractivity (Wildman–Crippen MR) is 165 cm³/mol. The van der Waals surface area contributed by atoms with Crippen molar-refractivity contribution in [3.05, 3.63) is 6.33 Å². The van der Waals surface area contributed by atoms with Gasteiger partial charge in [0.25, 0.3) is 0 Å². The largest absolute Gasteiger partial charge is 0.479 e. The third kappa shape index (κ3) is 6.95. The van der Waals surface area contributed by atoms with Crippen molar-refractivity contribution in [2.24, 2.45) is 5.41 Å². The average molecular weight is 611 g/mol. The third-order valence-corrected chi connectivity index (χ3v) is 17.6. The number of aromatic nitrogens is 4. The van der Waals surface area contributed by atoms with Crippen molar-refractivity contribution in [1.82, 2.24) is 19.5 Å². The number of ether oxygens (including phenoxy) is 3. The second-order valence-electron chi connectivity index (χ2n) is 14.6. The van der Waals surface area contributed by atoms with Gasteiger partial charge >= 0.3 is 5.97 Å². The number of methoxy groups -OCH3 is 1. The van der Waals surface area contributed by atoms with E-state index in [9.17, 15) is 4.79 Å². The molecule has 2 aromatic heterocycles. The molecule has 0 aromatic carbocycles. The molecule has 2 aromatic rings. The van der Waals surface area contributed by atoms with E-state index in [1.165, 1.54) is 7.11 Å². The molecule has 0 saturated carbocycles. The Morgan fingerprint density at radius 1 is 1.05 bits per heavy atom. The van der Waals surface area contributed by atoms with E-state index in [-0.39, 0.29) is 35.4 Å². The number of imidazole rings is 1. The van der Waals surface area contributed by atoms with E-state index in [0.717, 1.165) is 0 Å². The lowest BCUT2D eigenvalue weighted by Crippen LogP contribution is -2.51. The van der Waals surface area contributed by atoms with Gasteiger partial charge in [-0.05, 0) is 57.0 Å². The molecule has 1 fully saturated rings. The number of carbonyl (C=O) groups is 1. The maximum atomic E-state index is 13.5. The highest BCUT2D eigenvalue weighted by Gasteiger charge is 2.54. The van der Waals surface area contributed by atoms with E-state index >= 15 is 0 Å². The Hall–Kier alpha value is -2.07. The van der Waals surface area contributed by atoms with Crippen LogP contribution >= 0.6 is 0 Å². The summed E-state index contributed by atoms with van der Waals surface area (Å²) in [5.74, 6) is -0.218. The van der Waals surface area contributed by atoms with E-state index in [1.54, 1.807) is 24.7 Å². The number of fused-ring (bicyclic) bond motifs is 1. The fraction of sp³-hybridized carbons (Fsp3) is 0.786. The standard InChI is InChI=1S/C28H51N5O6Si2/c1-26(2,3)24(34)38-19-17(15-36-40(11,12)27(4,5)6)37-23(20(19)39-41(13,14)28(7,8)9)33-16-30-18-21(33)31-25(29)32-22(18)35-10/h16-17,19-20,23H,15H2,1-14H3,(H2,29,31,32)/t17-,19-,20+,23?/m1/s1/i1D. The zero-order valence-corrected chi connectivity index (χ0v) is 29.1. The van der Waals surface area contributed by atoms with Gasteiger partial charge in [0.05, 0.1) is 25.5 Å². The number of nitrogens with two attached hydrogens (primary N) is 1. The Kier molecular flexibility index (Phi) is 8.71. The van der Waals surface area contributed by atoms with Crippen LogP contribution in [0.4, 0.5) is 5.95 Å². The minimum atomic E-state index is -2.44. The number of nitrogens with zero attached hydrogens (tertiary/aromatic N) is 4. The van der Waals surface area contributed by atoms with Crippen LogP contribution in [-0.4, -0.2) is 74.2 Å². The summed E-state index contributed by atoms with van der Waals surface area (Å²) in [7, 11) is -3.14. The van der Waals surface area contributed by atoms with Gasteiger partial charge in [-0.3, -0.25) is 9.36 Å². The summed E-state index contributed by atoms with van der Waals surface area (Å²) < 4.78 is 41.7. The van der Waals surface area contributed by atoms with E-state index < -0.39 is 52.6 Å². The minimum Gasteiger partial charge on any atom is -0.479 e. The van der Waals surface area contributed by atoms with Crippen LogP contribution in [0.1, 0.15) is 69.9 Å². The molecule has 4 atom stereocenters. The molecule has 1 saturated heterocycles. The first kappa shape index (κ1) is 31.9. The quantitative estimate of drug-likeness (QED) is 0.294. The van der Waals surface area contributed by atoms with Crippen molar-refractivity contribution in [2.75, 3.05) is 19.5 Å². The molecule has 0 spiro atoms. The van der Waals surface area contributed by atoms with Crippen molar-refractivity contribution in [2.45, 2.75) is 123 Å². The summed E-state index contributed by atoms with van der Waals surface area (Å²) in [5, 5.41) is -0.178. The van der Waals surface area contributed by atoms with Gasteiger partial charge in [0.15, 0.2) is 40.1 Å². The SMILES string of the molecule is [2H]CC(C)(C)C(=O)O[C@H]1[C@H](O[Si](C)(C)C(C)(C)C)C(n2cnc3c(OC)nc(N)nc32)O[C@@H]1CO[Si](C)(C)C(C)(C)C. The van der Waals surface area contributed by atoms with Gasteiger partial charge in [0.2, 0.25) is 11.8 Å². The Labute approximate surface area is 248 Å². The lowest BCUT2D eigenvalue weighted by molar-refractivity contribution is -0.165. The number of hydrogen-bond acceptors (Lipinski definition) is 10. The molecule has 0 radical (unpaired) electrons. The summed E-state index contributed by atoms with van der Waals surface area (Å²) in [6.07, 6.45) is -1.36. The fourth-order valence-electron chi connectivity index (χ4n) is 3.88. The summed E-state index contributed by atoms with van der Waals surface area (Å²) in [6.45, 7) is 25.1. The highest BCUT2D eigenvalue weighted by atomic mass is 28.4. The highest BCUT2D eigenvalue weighted by molar-refractivity contribution is 6.74. The first-order valence-electron chi connectivity index (χ1n) is 14.8. The topological polar surface area (TPSA) is 133 Å². The van der Waals surface area contributed by atoms with Crippen molar-refractivity contribution in [1.29, 1.82) is 0 Å². The van der Waals surface area contributed by atoms with Gasteiger partial charge in [-0.25, -0.2) is 4.98 Å². The van der Waals surface area contributed by atoms with Gasteiger partial charge in [-0.2, -0.15) is 9.97 Å². The molecule has 1 unspecified atom stereocenters. The fourth-order valence-corrected chi connectivity index (χ4v) is 6.17. The van der Waals surface area contributed by atoms with Crippen LogP contribution in [0.15, 0.2) is 6.33 Å². The van der Waals surface area contributed by atoms with Crippen molar-refractivity contribution < 1.29 is 29.2 Å². The molecule has 0 bridgehead atoms. The second kappa shape index (κ2) is 11.2. The second-order valence-corrected chi connectivity index (χ2v) is 24.2. The molecule has 1 aliphatic rings. The lowest BCUT2D eigenvalue weighted by Gasteiger charge is -2.41. The first-order chi connectivity index (χ1) is 19.1. The number of carbonyl (C=O) groups excluding carboxylic acids is 1. The van der Waals surface area contributed by atoms with Crippen LogP contribution in [0, 0.1) is 5.41 Å². The Bertz CT molecular complexity index is 1270. The molecule has 41 heavy (non-hydrogen) atoms. The zero-order valence-electron chi connectivity index (χ0n) is 28.1. The Morgan fingerprint density at radius 3 is 2.20 bits per heavy atom. The van der Waals surface area contributed by atoms with Gasteiger partial charge in [-0.1, -0.05) is 41.5 Å². The lowest BCUT2D eigenvalue weighted by atomic mass is 9.97. The molecule has 13 heteroatoms. The summed E-state index contributed by atoms with van der Waals surface area (Å²) >= 11 is 0. The van der Waals surface area contributed by atoms with E-state index in [1.807, 2.05) is 0 Å². The number of rotatable bonds is 8. The zero-order chi connectivity index (χ0) is 32.1. The van der Waals surface area contributed by atoms with Crippen LogP contribution in [0.3, 0.4) is 0 Å². The summed E-state index contributed by atoms with van der Waals surface area (Å²) in [6, 6.07) is 0. The van der Waals surface area contributed by atoms with Gasteiger partial charge in [-0.15, -0.1) is 0 Å². The van der Waals surface area contributed by atoms with Crippen LogP contribution in [0.25, 0.3) is 11.2 Å². The molecule has 3 heterocycles. The number of nitrogen functional groups attached to an aromatic ring is 1. The summed E-state index contributed by atoms with van der Waals surface area (Å²) in [5.41, 5.74) is 5.85. The van der Waals surface area contributed by atoms with Crippen molar-refractivity contribution >= 4 is 39.7 Å². The molecule has 0 amide bonds. The van der Waals surface area contributed by atoms with Gasteiger partial charge in [0, 0.05) is 1.37 Å². The molecular weight excluding hydrogens is 559 g/mol. The van der Waals surface area contributed by atoms with Crippen LogP contribution in [0.5, 0.6) is 5.88 Å². The third-order valence-electron chi connectivity index (χ3n) is 8.61. The monoisotopic (exact) mass is 610 g/mol. The van der Waals surface area contributed by atoms with Crippen LogP contribution in [0.2, 0.25) is 36.3 Å². The maximum absolute atomic E-state index is 13.5. The molecule has 3 rings (SSSR count). The number of esters is 1. The van der Waals surface area contributed by atoms with Crippen molar-refractivity contribution in [3.63, 3.8) is 0 Å². The number of anilines is 1. The Balaban J connectivity index is 2.17. The molecule has 2 N–H and O–H groups in total. The smallest absolute Gasteiger partial charge is 0.311 e. The number of hydrogen-bond donors (Lipinski definition) is 1. The van der Waals surface area contributed by atoms with Crippen LogP contribution < -0.4 is 10.5 Å². The van der Waals surface area contributed by atoms with Crippen molar-refractivity contribution in [3.8, 4) is 5.88 Å². The van der Waals surface area contributed by atoms with Gasteiger partial charge in [0.1, 0.15) is 12.2 Å². The van der Waals surface area contributed by atoms with Gasteiger partial charge < -0.3 is 28.8 Å². The molecular formula is C28H51N5O6Si2. The predicted octanol–water partition coefficient (Wildman–Crippen LogP) is 5.68. The van der Waals surface area contributed by atoms with Crippen LogP contribution in [-0.2, 0) is 23.1 Å². The maximum Gasteiger partial charge on any atom is 0.311 e. The first-order valence-corrected chi connectivity index (χ1v) is 19.9. The highest BCUT2D eigenvalue weighted by Crippen LogP contribution is 2.45. The normalized spacial score (nSPS) is 23.1. The van der Waals surface area contributed by atoms with E-state index in [4.69, 9.17) is 30.2 Å². The van der Waals surface area contributed by atoms with E-state index in [0.29, 0.717) is 11.2 Å². The molecule has 1 aliphatic heterocycles. The average Bonchev–Trinajstić information content (AvgIpc) is 3.41. The summed E-state index contributed by atoms with van der Waals surface area (Å²) in [4.78, 5) is 26.6. The Morgan fingerprint density at radius 2 is 1.66 bits per heavy atom. The van der Waals surface area contributed by atoms with E-state index in [2.05, 4.69) is 82.7 Å². The minimum absolute atomic E-state index is 0.0268.